The van der Waals surface area contributed by atoms with Gasteiger partial charge in [-0.25, -0.2) is 4.79 Å². The summed E-state index contributed by atoms with van der Waals surface area (Å²) in [6, 6.07) is 3.33. The molecule has 4 nitrogen and oxygen atoms in total. The van der Waals surface area contributed by atoms with Crippen molar-refractivity contribution >= 4 is 17.6 Å². The summed E-state index contributed by atoms with van der Waals surface area (Å²) in [6.07, 6.45) is 1.83. The van der Waals surface area contributed by atoms with Crippen molar-refractivity contribution in [1.82, 2.24) is 0 Å². The normalized spacial score (nSPS) is 18.7. The zero-order chi connectivity index (χ0) is 13.1. The van der Waals surface area contributed by atoms with E-state index in [-0.39, 0.29) is 6.10 Å². The summed E-state index contributed by atoms with van der Waals surface area (Å²) >= 11 is 6.04. The van der Waals surface area contributed by atoms with E-state index in [0.717, 1.165) is 18.4 Å². The summed E-state index contributed by atoms with van der Waals surface area (Å²) in [4.78, 5) is 11.7. The highest BCUT2D eigenvalue weighted by Crippen LogP contribution is 2.38. The molecule has 1 saturated heterocycles. The standard InChI is InChI=1S/C13H15ClO4/c1-16-12-9(11-4-3-5-18-11)6-8(14)7-10(12)13(15)17-2/h6-7,11H,3-5H2,1-2H3. The van der Waals surface area contributed by atoms with Gasteiger partial charge in [0.1, 0.15) is 11.3 Å². The molecule has 2 rings (SSSR count). The van der Waals surface area contributed by atoms with Crippen molar-refractivity contribution in [2.75, 3.05) is 20.8 Å². The van der Waals surface area contributed by atoms with E-state index >= 15 is 0 Å². The lowest BCUT2D eigenvalue weighted by Gasteiger charge is -2.17. The Labute approximate surface area is 111 Å². The van der Waals surface area contributed by atoms with Crippen LogP contribution in [0.25, 0.3) is 0 Å². The Morgan fingerprint density at radius 1 is 1.44 bits per heavy atom. The maximum absolute atomic E-state index is 11.7. The first-order valence-electron chi connectivity index (χ1n) is 5.74. The third kappa shape index (κ3) is 2.44. The van der Waals surface area contributed by atoms with Crippen LogP contribution in [0.4, 0.5) is 0 Å². The molecule has 98 valence electrons. The molecule has 1 atom stereocenters. The summed E-state index contributed by atoms with van der Waals surface area (Å²) in [7, 11) is 2.85. The predicted octanol–water partition coefficient (Wildman–Crippen LogP) is 2.99. The van der Waals surface area contributed by atoms with Crippen LogP contribution < -0.4 is 4.74 Å². The number of hydrogen-bond acceptors (Lipinski definition) is 4. The molecule has 1 heterocycles. The van der Waals surface area contributed by atoms with E-state index in [4.69, 9.17) is 25.8 Å². The second kappa shape index (κ2) is 5.59. The van der Waals surface area contributed by atoms with E-state index in [9.17, 15) is 4.79 Å². The van der Waals surface area contributed by atoms with Crippen LogP contribution in [-0.4, -0.2) is 26.8 Å². The van der Waals surface area contributed by atoms with Crippen LogP contribution in [0.3, 0.4) is 0 Å². The summed E-state index contributed by atoms with van der Waals surface area (Å²) in [5.74, 6) is 0.0201. The highest BCUT2D eigenvalue weighted by atomic mass is 35.5. The first-order valence-corrected chi connectivity index (χ1v) is 6.12. The number of carbonyl (C=O) groups excluding carboxylic acids is 1. The summed E-state index contributed by atoms with van der Waals surface area (Å²) in [5.41, 5.74) is 1.14. The van der Waals surface area contributed by atoms with Gasteiger partial charge in [0.25, 0.3) is 0 Å². The molecule has 1 aliphatic heterocycles. The Bertz CT molecular complexity index is 453. The van der Waals surface area contributed by atoms with Crippen molar-refractivity contribution in [2.45, 2.75) is 18.9 Å². The molecule has 1 fully saturated rings. The molecule has 0 bridgehead atoms. The third-order valence-corrected chi connectivity index (χ3v) is 3.19. The lowest BCUT2D eigenvalue weighted by Crippen LogP contribution is -2.08. The van der Waals surface area contributed by atoms with Crippen LogP contribution in [0.5, 0.6) is 5.75 Å². The Morgan fingerprint density at radius 2 is 2.22 bits per heavy atom. The van der Waals surface area contributed by atoms with Crippen molar-refractivity contribution in [3.05, 3.63) is 28.3 Å². The third-order valence-electron chi connectivity index (χ3n) is 2.97. The van der Waals surface area contributed by atoms with Gasteiger partial charge in [-0.05, 0) is 25.0 Å². The van der Waals surface area contributed by atoms with E-state index in [1.807, 2.05) is 0 Å². The molecular weight excluding hydrogens is 256 g/mol. The average Bonchev–Trinajstić information content (AvgIpc) is 2.90. The van der Waals surface area contributed by atoms with Crippen LogP contribution in [0, 0.1) is 0 Å². The Morgan fingerprint density at radius 3 is 2.78 bits per heavy atom. The van der Waals surface area contributed by atoms with E-state index < -0.39 is 5.97 Å². The fraction of sp³-hybridized carbons (Fsp3) is 0.462. The second-order valence-corrected chi connectivity index (χ2v) is 4.51. The van der Waals surface area contributed by atoms with E-state index in [0.29, 0.717) is 22.9 Å². The molecule has 5 heteroatoms. The number of carbonyl (C=O) groups is 1. The van der Waals surface area contributed by atoms with Crippen molar-refractivity contribution in [2.24, 2.45) is 0 Å². The molecule has 1 aromatic rings. The number of rotatable bonds is 3. The molecule has 0 aliphatic carbocycles. The van der Waals surface area contributed by atoms with Gasteiger partial charge in [0.05, 0.1) is 20.3 Å². The number of ether oxygens (including phenoxy) is 3. The van der Waals surface area contributed by atoms with Gasteiger partial charge in [0.2, 0.25) is 0 Å². The van der Waals surface area contributed by atoms with Gasteiger partial charge in [-0.2, -0.15) is 0 Å². The van der Waals surface area contributed by atoms with Crippen molar-refractivity contribution in [1.29, 1.82) is 0 Å². The Kier molecular flexibility index (Phi) is 4.09. The molecule has 0 saturated carbocycles. The molecule has 1 unspecified atom stereocenters. The monoisotopic (exact) mass is 270 g/mol. The lowest BCUT2D eigenvalue weighted by atomic mass is 10.0. The lowest BCUT2D eigenvalue weighted by molar-refractivity contribution is 0.0595. The summed E-state index contributed by atoms with van der Waals surface area (Å²) in [5, 5.41) is 0.474. The van der Waals surface area contributed by atoms with Gasteiger partial charge in [-0.3, -0.25) is 0 Å². The van der Waals surface area contributed by atoms with Gasteiger partial charge in [0.15, 0.2) is 0 Å². The number of hydrogen-bond donors (Lipinski definition) is 0. The minimum Gasteiger partial charge on any atom is -0.495 e. The van der Waals surface area contributed by atoms with Gasteiger partial charge < -0.3 is 14.2 Å². The van der Waals surface area contributed by atoms with Crippen LogP contribution in [-0.2, 0) is 9.47 Å². The van der Waals surface area contributed by atoms with Crippen molar-refractivity contribution in [3.63, 3.8) is 0 Å². The van der Waals surface area contributed by atoms with Gasteiger partial charge in [-0.1, -0.05) is 11.6 Å². The van der Waals surface area contributed by atoms with Gasteiger partial charge in [-0.15, -0.1) is 0 Å². The topological polar surface area (TPSA) is 44.8 Å². The zero-order valence-corrected chi connectivity index (χ0v) is 11.1. The molecule has 0 spiro atoms. The predicted molar refractivity (Wildman–Crippen MR) is 67.3 cm³/mol. The molecule has 1 aliphatic rings. The highest BCUT2D eigenvalue weighted by molar-refractivity contribution is 6.31. The number of halogens is 1. The minimum absolute atomic E-state index is 0.0675. The first kappa shape index (κ1) is 13.2. The molecule has 1 aromatic carbocycles. The molecule has 0 radical (unpaired) electrons. The maximum Gasteiger partial charge on any atom is 0.341 e. The Hall–Kier alpha value is -1.26. The maximum atomic E-state index is 11.7. The quantitative estimate of drug-likeness (QED) is 0.792. The van der Waals surface area contributed by atoms with Crippen LogP contribution in [0.2, 0.25) is 5.02 Å². The molecule has 0 amide bonds. The second-order valence-electron chi connectivity index (χ2n) is 4.07. The summed E-state index contributed by atoms with van der Waals surface area (Å²) < 4.78 is 15.7. The smallest absolute Gasteiger partial charge is 0.341 e. The first-order chi connectivity index (χ1) is 8.67. The molecule has 18 heavy (non-hydrogen) atoms. The SMILES string of the molecule is COC(=O)c1cc(Cl)cc(C2CCCO2)c1OC. The number of methoxy groups -OCH3 is 2. The van der Waals surface area contributed by atoms with Crippen molar-refractivity contribution in [3.8, 4) is 5.75 Å². The zero-order valence-electron chi connectivity index (χ0n) is 10.4. The molecule has 0 aromatic heterocycles. The fourth-order valence-electron chi connectivity index (χ4n) is 2.17. The van der Waals surface area contributed by atoms with Crippen LogP contribution in [0.1, 0.15) is 34.9 Å². The van der Waals surface area contributed by atoms with Gasteiger partial charge >= 0.3 is 5.97 Å². The number of esters is 1. The molecular formula is C13H15ClO4. The van der Waals surface area contributed by atoms with Crippen LogP contribution >= 0.6 is 11.6 Å². The van der Waals surface area contributed by atoms with E-state index in [1.165, 1.54) is 14.2 Å². The van der Waals surface area contributed by atoms with Gasteiger partial charge in [0, 0.05) is 17.2 Å². The minimum atomic E-state index is -0.464. The number of benzene rings is 1. The summed E-state index contributed by atoms with van der Waals surface area (Å²) in [6.45, 7) is 0.716. The van der Waals surface area contributed by atoms with Crippen molar-refractivity contribution < 1.29 is 19.0 Å². The Balaban J connectivity index is 2.50. The largest absolute Gasteiger partial charge is 0.495 e. The highest BCUT2D eigenvalue weighted by Gasteiger charge is 2.26. The van der Waals surface area contributed by atoms with Crippen LogP contribution in [0.15, 0.2) is 12.1 Å². The van der Waals surface area contributed by atoms with E-state index in [1.54, 1.807) is 12.1 Å². The average molecular weight is 271 g/mol. The molecule has 0 N–H and O–H groups in total. The van der Waals surface area contributed by atoms with E-state index in [2.05, 4.69) is 0 Å². The fourth-order valence-corrected chi connectivity index (χ4v) is 2.39.